The lowest BCUT2D eigenvalue weighted by atomic mass is 9.84. The van der Waals surface area contributed by atoms with Crippen LogP contribution in [0.25, 0.3) is 0 Å². The molecule has 1 fully saturated rings. The highest BCUT2D eigenvalue weighted by Gasteiger charge is 2.34. The monoisotopic (exact) mass is 339 g/mol. The molecule has 0 amide bonds. The second kappa shape index (κ2) is 9.29. The van der Waals surface area contributed by atoms with Crippen molar-refractivity contribution in [1.29, 1.82) is 0 Å². The Labute approximate surface area is 146 Å². The lowest BCUT2D eigenvalue weighted by molar-refractivity contribution is -0.159. The normalized spacial score (nSPS) is 21.2. The van der Waals surface area contributed by atoms with E-state index >= 15 is 0 Å². The molecule has 0 N–H and O–H groups in total. The van der Waals surface area contributed by atoms with Gasteiger partial charge < -0.3 is 4.74 Å². The number of hydrogen-bond donors (Lipinski definition) is 0. The van der Waals surface area contributed by atoms with Gasteiger partial charge >= 0.3 is 5.97 Å². The molecule has 1 heterocycles. The van der Waals surface area contributed by atoms with Crippen LogP contribution in [0.15, 0.2) is 35.9 Å². The molecule has 1 saturated heterocycles. The van der Waals surface area contributed by atoms with Gasteiger partial charge in [0, 0.05) is 12.0 Å². The molecule has 0 bridgehead atoms. The minimum atomic E-state index is -0.159. The SMILES string of the molecule is C=C(C/C=C/C=C/Cl)CC(OC(=O)C1CCCN1C)C(C)(C)C. The molecule has 1 aliphatic heterocycles. The molecule has 0 aromatic rings. The maximum Gasteiger partial charge on any atom is 0.323 e. The first-order valence-electron chi connectivity index (χ1n) is 8.25. The number of likely N-dealkylation sites (tertiary alicyclic amines) is 1. The molecule has 0 spiro atoms. The Morgan fingerprint density at radius 1 is 1.43 bits per heavy atom. The summed E-state index contributed by atoms with van der Waals surface area (Å²) in [4.78, 5) is 14.5. The third kappa shape index (κ3) is 6.92. The number of ether oxygens (including phenoxy) is 1. The highest BCUT2D eigenvalue weighted by Crippen LogP contribution is 2.29. The number of esters is 1. The third-order valence-corrected chi connectivity index (χ3v) is 4.36. The predicted octanol–water partition coefficient (Wildman–Crippen LogP) is 4.68. The zero-order valence-corrected chi connectivity index (χ0v) is 15.6. The fourth-order valence-electron chi connectivity index (χ4n) is 2.65. The van der Waals surface area contributed by atoms with Crippen LogP contribution < -0.4 is 0 Å². The highest BCUT2D eigenvalue weighted by atomic mass is 35.5. The van der Waals surface area contributed by atoms with Gasteiger partial charge in [0.05, 0.1) is 0 Å². The fourth-order valence-corrected chi connectivity index (χ4v) is 2.74. The van der Waals surface area contributed by atoms with Crippen molar-refractivity contribution in [2.45, 2.75) is 58.6 Å². The number of carbonyl (C=O) groups is 1. The quantitative estimate of drug-likeness (QED) is 0.383. The van der Waals surface area contributed by atoms with Crippen molar-refractivity contribution in [1.82, 2.24) is 4.90 Å². The Morgan fingerprint density at radius 3 is 2.65 bits per heavy atom. The molecule has 3 nitrogen and oxygen atoms in total. The number of nitrogens with zero attached hydrogens (tertiary/aromatic N) is 1. The molecule has 23 heavy (non-hydrogen) atoms. The van der Waals surface area contributed by atoms with E-state index in [1.807, 2.05) is 19.2 Å². The molecule has 1 aliphatic rings. The van der Waals surface area contributed by atoms with Gasteiger partial charge in [-0.05, 0) is 38.3 Å². The van der Waals surface area contributed by atoms with Crippen molar-refractivity contribution in [3.05, 3.63) is 35.9 Å². The molecule has 130 valence electrons. The van der Waals surface area contributed by atoms with Crippen molar-refractivity contribution in [2.75, 3.05) is 13.6 Å². The Kier molecular flexibility index (Phi) is 8.07. The van der Waals surface area contributed by atoms with E-state index < -0.39 is 0 Å². The summed E-state index contributed by atoms with van der Waals surface area (Å²) in [5.41, 5.74) is 2.41. The molecule has 0 aliphatic carbocycles. The molecule has 2 unspecified atom stereocenters. The van der Waals surface area contributed by atoms with Crippen molar-refractivity contribution in [3.8, 4) is 0 Å². The van der Waals surface area contributed by atoms with Crippen molar-refractivity contribution in [2.24, 2.45) is 5.41 Å². The molecule has 1 rings (SSSR count). The Morgan fingerprint density at radius 2 is 2.13 bits per heavy atom. The zero-order chi connectivity index (χ0) is 17.5. The van der Waals surface area contributed by atoms with E-state index in [4.69, 9.17) is 16.3 Å². The Balaban J connectivity index is 2.62. The molecular weight excluding hydrogens is 310 g/mol. The second-order valence-corrected chi connectivity index (χ2v) is 7.59. The molecule has 0 radical (unpaired) electrons. The molecule has 4 heteroatoms. The van der Waals surface area contributed by atoms with E-state index in [0.29, 0.717) is 6.42 Å². The standard InChI is InChI=1S/C19H30ClNO2/c1-15(10-7-6-8-12-20)14-17(19(2,3)4)23-18(22)16-11-9-13-21(16)5/h6-8,12,16-17H,1,9-11,13-14H2,2-5H3/b7-6+,12-8+. The van der Waals surface area contributed by atoms with Crippen LogP contribution in [0.3, 0.4) is 0 Å². The number of rotatable bonds is 7. The van der Waals surface area contributed by atoms with Crippen LogP contribution in [0.1, 0.15) is 46.5 Å². The fraction of sp³-hybridized carbons (Fsp3) is 0.632. The maximum absolute atomic E-state index is 12.5. The van der Waals surface area contributed by atoms with Gasteiger partial charge in [-0.3, -0.25) is 9.69 Å². The van der Waals surface area contributed by atoms with E-state index in [1.165, 1.54) is 5.54 Å². The Hall–Kier alpha value is -1.06. The topological polar surface area (TPSA) is 29.5 Å². The summed E-state index contributed by atoms with van der Waals surface area (Å²) in [6.07, 6.45) is 8.90. The largest absolute Gasteiger partial charge is 0.460 e. The average Bonchev–Trinajstić information content (AvgIpc) is 2.88. The molecule has 0 aromatic carbocycles. The summed E-state index contributed by atoms with van der Waals surface area (Å²) in [5, 5.41) is 0. The second-order valence-electron chi connectivity index (χ2n) is 7.34. The van der Waals surface area contributed by atoms with Crippen LogP contribution in [-0.2, 0) is 9.53 Å². The number of likely N-dealkylation sites (N-methyl/N-ethyl adjacent to an activating group) is 1. The maximum atomic E-state index is 12.5. The van der Waals surface area contributed by atoms with Crippen molar-refractivity contribution in [3.63, 3.8) is 0 Å². The Bertz CT molecular complexity index is 462. The number of halogens is 1. The first-order chi connectivity index (χ1) is 10.8. The molecule has 2 atom stereocenters. The number of carbonyl (C=O) groups excluding carboxylic acids is 1. The van der Waals surface area contributed by atoms with E-state index in [0.717, 1.165) is 31.4 Å². The summed E-state index contributed by atoms with van der Waals surface area (Å²) in [7, 11) is 1.99. The van der Waals surface area contributed by atoms with Crippen molar-refractivity contribution < 1.29 is 9.53 Å². The van der Waals surface area contributed by atoms with Crippen LogP contribution in [0.2, 0.25) is 0 Å². The van der Waals surface area contributed by atoms with Gasteiger partial charge in [0.25, 0.3) is 0 Å². The highest BCUT2D eigenvalue weighted by molar-refractivity contribution is 6.25. The third-order valence-electron chi connectivity index (χ3n) is 4.22. The summed E-state index contributed by atoms with van der Waals surface area (Å²) < 4.78 is 5.87. The number of hydrogen-bond acceptors (Lipinski definition) is 3. The van der Waals surface area contributed by atoms with Gasteiger partial charge in [0.1, 0.15) is 12.1 Å². The molecule has 0 saturated carbocycles. The summed E-state index contributed by atoms with van der Waals surface area (Å²) in [6.45, 7) is 11.4. The summed E-state index contributed by atoms with van der Waals surface area (Å²) in [6, 6.07) is -0.0955. The van der Waals surface area contributed by atoms with Gasteiger partial charge in [0.15, 0.2) is 0 Å². The van der Waals surface area contributed by atoms with Crippen molar-refractivity contribution >= 4 is 17.6 Å². The number of allylic oxidation sites excluding steroid dienone is 3. The summed E-state index contributed by atoms with van der Waals surface area (Å²) in [5.74, 6) is -0.0988. The van der Waals surface area contributed by atoms with Crippen LogP contribution in [0, 0.1) is 5.41 Å². The van der Waals surface area contributed by atoms with Crippen LogP contribution in [0.5, 0.6) is 0 Å². The smallest absolute Gasteiger partial charge is 0.323 e. The average molecular weight is 340 g/mol. The minimum Gasteiger partial charge on any atom is -0.460 e. The van der Waals surface area contributed by atoms with Gasteiger partial charge in [-0.1, -0.05) is 62.8 Å². The lowest BCUT2D eigenvalue weighted by Crippen LogP contribution is -2.40. The van der Waals surface area contributed by atoms with Crippen LogP contribution in [-0.4, -0.2) is 36.6 Å². The van der Waals surface area contributed by atoms with E-state index in [1.54, 1.807) is 6.08 Å². The van der Waals surface area contributed by atoms with Gasteiger partial charge in [0.2, 0.25) is 0 Å². The van der Waals surface area contributed by atoms with Gasteiger partial charge in [-0.15, -0.1) is 0 Å². The zero-order valence-electron chi connectivity index (χ0n) is 14.8. The molecular formula is C19H30ClNO2. The van der Waals surface area contributed by atoms with Crippen LogP contribution in [0.4, 0.5) is 0 Å². The first-order valence-corrected chi connectivity index (χ1v) is 8.68. The van der Waals surface area contributed by atoms with Crippen LogP contribution >= 0.6 is 11.6 Å². The summed E-state index contributed by atoms with van der Waals surface area (Å²) >= 11 is 5.48. The van der Waals surface area contributed by atoms with E-state index in [2.05, 4.69) is 32.3 Å². The van der Waals surface area contributed by atoms with E-state index in [9.17, 15) is 4.79 Å². The van der Waals surface area contributed by atoms with Gasteiger partial charge in [-0.2, -0.15) is 0 Å². The first kappa shape index (κ1) is 20.0. The minimum absolute atomic E-state index is 0.0955. The lowest BCUT2D eigenvalue weighted by Gasteiger charge is -2.32. The van der Waals surface area contributed by atoms with Gasteiger partial charge in [-0.25, -0.2) is 0 Å². The van der Waals surface area contributed by atoms with E-state index in [-0.39, 0.29) is 23.5 Å². The molecule has 0 aromatic heterocycles. The predicted molar refractivity (Wildman–Crippen MR) is 97.5 cm³/mol.